The normalized spacial score (nSPS) is 12.0. The molecule has 3 N–H and O–H groups in total. The van der Waals surface area contributed by atoms with Gasteiger partial charge in [-0.05, 0) is 25.1 Å². The van der Waals surface area contributed by atoms with Crippen LogP contribution in [0.15, 0.2) is 42.5 Å². The van der Waals surface area contributed by atoms with E-state index in [-0.39, 0.29) is 11.8 Å². The largest absolute Gasteiger partial charge is 0.497 e. The quantitative estimate of drug-likeness (QED) is 0.443. The molecule has 0 radical (unpaired) electrons. The Morgan fingerprint density at radius 2 is 1.90 bits per heavy atom. The summed E-state index contributed by atoms with van der Waals surface area (Å²) in [6.07, 6.45) is 0. The summed E-state index contributed by atoms with van der Waals surface area (Å²) in [5.41, 5.74) is 2.73. The smallest absolute Gasteiger partial charge is 0.268 e. The summed E-state index contributed by atoms with van der Waals surface area (Å²) < 4.78 is 12.5. The maximum Gasteiger partial charge on any atom is 0.268 e. The van der Waals surface area contributed by atoms with E-state index in [0.29, 0.717) is 23.1 Å². The highest BCUT2D eigenvalue weighted by Crippen LogP contribution is 2.33. The van der Waals surface area contributed by atoms with Crippen LogP contribution in [0.4, 0.5) is 5.95 Å². The average Bonchev–Trinajstić information content (AvgIpc) is 3.33. The summed E-state index contributed by atoms with van der Waals surface area (Å²) in [6.45, 7) is 1.61. The Hall–Kier alpha value is -4.01. The SMILES string of the molecule is COc1cc(OC)c2cc(C(=O)NC(C)C(=O)Nc3nc4ccccc4[nH]3)n(C)c2c1. The van der Waals surface area contributed by atoms with Gasteiger partial charge in [0.15, 0.2) is 0 Å². The van der Waals surface area contributed by atoms with Gasteiger partial charge in [0.25, 0.3) is 5.91 Å². The Bertz CT molecular complexity index is 1260. The van der Waals surface area contributed by atoms with Gasteiger partial charge in [-0.25, -0.2) is 4.98 Å². The number of hydrogen-bond donors (Lipinski definition) is 3. The summed E-state index contributed by atoms with van der Waals surface area (Å²) in [7, 11) is 4.90. The number of nitrogens with one attached hydrogen (secondary N) is 3. The van der Waals surface area contributed by atoms with E-state index >= 15 is 0 Å². The molecule has 160 valence electrons. The highest BCUT2D eigenvalue weighted by molar-refractivity contribution is 6.03. The highest BCUT2D eigenvalue weighted by atomic mass is 16.5. The third-order valence-corrected chi connectivity index (χ3v) is 5.16. The Morgan fingerprint density at radius 1 is 1.13 bits per heavy atom. The molecule has 9 heteroatoms. The number of nitrogens with zero attached hydrogens (tertiary/aromatic N) is 2. The van der Waals surface area contributed by atoms with E-state index in [4.69, 9.17) is 9.47 Å². The minimum atomic E-state index is -0.782. The van der Waals surface area contributed by atoms with Crippen molar-refractivity contribution < 1.29 is 19.1 Å². The van der Waals surface area contributed by atoms with E-state index in [0.717, 1.165) is 21.9 Å². The number of fused-ring (bicyclic) bond motifs is 2. The van der Waals surface area contributed by atoms with Crippen molar-refractivity contribution in [3.05, 3.63) is 48.2 Å². The molecule has 0 aliphatic heterocycles. The topological polar surface area (TPSA) is 110 Å². The number of carbonyl (C=O) groups is 2. The molecule has 9 nitrogen and oxygen atoms in total. The number of benzene rings is 2. The fourth-order valence-corrected chi connectivity index (χ4v) is 3.45. The standard InChI is InChI=1S/C22H23N5O4/c1-12(20(28)26-22-24-15-7-5-6-8-16(15)25-22)23-21(29)18-11-14-17(27(18)2)9-13(30-3)10-19(14)31-4/h5-12H,1-4H3,(H,23,29)(H2,24,25,26,28). The van der Waals surface area contributed by atoms with Crippen molar-refractivity contribution in [3.63, 3.8) is 0 Å². The Balaban J connectivity index is 1.52. The first kappa shape index (κ1) is 20.3. The summed E-state index contributed by atoms with van der Waals surface area (Å²) >= 11 is 0. The number of H-pyrrole nitrogens is 1. The number of rotatable bonds is 6. The fourth-order valence-electron chi connectivity index (χ4n) is 3.45. The molecule has 0 fully saturated rings. The molecular weight excluding hydrogens is 398 g/mol. The molecule has 4 aromatic rings. The van der Waals surface area contributed by atoms with Crippen LogP contribution in [-0.2, 0) is 11.8 Å². The maximum atomic E-state index is 12.9. The molecule has 0 saturated carbocycles. The van der Waals surface area contributed by atoms with E-state index in [1.165, 1.54) is 0 Å². The third kappa shape index (κ3) is 3.77. The van der Waals surface area contributed by atoms with Crippen molar-refractivity contribution in [2.75, 3.05) is 19.5 Å². The summed E-state index contributed by atoms with van der Waals surface area (Å²) in [5.74, 6) is 0.780. The lowest BCUT2D eigenvalue weighted by atomic mass is 10.2. The van der Waals surface area contributed by atoms with Gasteiger partial charge in [0.1, 0.15) is 23.2 Å². The van der Waals surface area contributed by atoms with Gasteiger partial charge in [0, 0.05) is 24.6 Å². The van der Waals surface area contributed by atoms with Gasteiger partial charge < -0.3 is 24.3 Å². The molecule has 2 aromatic carbocycles. The van der Waals surface area contributed by atoms with Crippen molar-refractivity contribution in [1.82, 2.24) is 19.9 Å². The zero-order valence-corrected chi connectivity index (χ0v) is 17.6. The zero-order chi connectivity index (χ0) is 22.1. The van der Waals surface area contributed by atoms with Crippen LogP contribution in [-0.4, -0.2) is 46.6 Å². The number of imidazole rings is 1. The number of hydrogen-bond acceptors (Lipinski definition) is 5. The van der Waals surface area contributed by atoms with Crippen LogP contribution in [0.5, 0.6) is 11.5 Å². The first-order valence-corrected chi connectivity index (χ1v) is 9.69. The number of anilines is 1. The molecule has 1 atom stereocenters. The third-order valence-electron chi connectivity index (χ3n) is 5.16. The number of ether oxygens (including phenoxy) is 2. The second kappa shape index (κ2) is 8.02. The molecule has 2 heterocycles. The Morgan fingerprint density at radius 3 is 2.61 bits per heavy atom. The molecule has 2 amide bonds. The number of aromatic nitrogens is 3. The molecule has 1 unspecified atom stereocenters. The minimum absolute atomic E-state index is 0.328. The Labute approximate surface area is 178 Å². The van der Waals surface area contributed by atoms with Gasteiger partial charge >= 0.3 is 0 Å². The molecule has 0 saturated heterocycles. The van der Waals surface area contributed by atoms with Crippen LogP contribution in [0.1, 0.15) is 17.4 Å². The van der Waals surface area contributed by atoms with Gasteiger partial charge in [-0.1, -0.05) is 12.1 Å². The van der Waals surface area contributed by atoms with E-state index in [1.54, 1.807) is 44.9 Å². The summed E-state index contributed by atoms with van der Waals surface area (Å²) in [4.78, 5) is 32.8. The predicted molar refractivity (Wildman–Crippen MR) is 118 cm³/mol. The molecule has 31 heavy (non-hydrogen) atoms. The zero-order valence-electron chi connectivity index (χ0n) is 17.6. The monoisotopic (exact) mass is 421 g/mol. The number of methoxy groups -OCH3 is 2. The lowest BCUT2D eigenvalue weighted by molar-refractivity contribution is -0.117. The number of para-hydroxylation sites is 2. The van der Waals surface area contributed by atoms with Crippen molar-refractivity contribution >= 4 is 39.7 Å². The van der Waals surface area contributed by atoms with Crippen LogP contribution in [0, 0.1) is 0 Å². The summed E-state index contributed by atoms with van der Waals surface area (Å²) in [5, 5.41) is 6.20. The number of carbonyl (C=O) groups excluding carboxylic acids is 2. The van der Waals surface area contributed by atoms with Crippen molar-refractivity contribution in [2.45, 2.75) is 13.0 Å². The fraction of sp³-hybridized carbons (Fsp3) is 0.227. The molecule has 2 aromatic heterocycles. The molecule has 0 aliphatic rings. The van der Waals surface area contributed by atoms with Crippen LogP contribution < -0.4 is 20.1 Å². The highest BCUT2D eigenvalue weighted by Gasteiger charge is 2.22. The summed E-state index contributed by atoms with van der Waals surface area (Å²) in [6, 6.07) is 12.0. The van der Waals surface area contributed by atoms with Crippen molar-refractivity contribution in [3.8, 4) is 11.5 Å². The molecule has 4 rings (SSSR count). The van der Waals surface area contributed by atoms with Gasteiger partial charge in [-0.15, -0.1) is 0 Å². The Kier molecular flexibility index (Phi) is 5.24. The van der Waals surface area contributed by atoms with E-state index in [9.17, 15) is 9.59 Å². The van der Waals surface area contributed by atoms with Crippen LogP contribution in [0.2, 0.25) is 0 Å². The maximum absolute atomic E-state index is 12.9. The number of aryl methyl sites for hydroxylation is 1. The first-order valence-electron chi connectivity index (χ1n) is 9.69. The number of amides is 2. The molecule has 0 aliphatic carbocycles. The lowest BCUT2D eigenvalue weighted by Crippen LogP contribution is -2.42. The van der Waals surface area contributed by atoms with Gasteiger partial charge in [-0.3, -0.25) is 14.9 Å². The average molecular weight is 421 g/mol. The van der Waals surface area contributed by atoms with Crippen LogP contribution in [0.25, 0.3) is 21.9 Å². The van der Waals surface area contributed by atoms with Crippen molar-refractivity contribution in [2.24, 2.45) is 7.05 Å². The first-order chi connectivity index (χ1) is 14.9. The van der Waals surface area contributed by atoms with Crippen molar-refractivity contribution in [1.29, 1.82) is 0 Å². The predicted octanol–water partition coefficient (Wildman–Crippen LogP) is 2.83. The van der Waals surface area contributed by atoms with Crippen LogP contribution in [0.3, 0.4) is 0 Å². The molecule has 0 spiro atoms. The van der Waals surface area contributed by atoms with Gasteiger partial charge in [0.05, 0.1) is 30.8 Å². The second-order valence-electron chi connectivity index (χ2n) is 7.14. The van der Waals surface area contributed by atoms with Gasteiger partial charge in [0.2, 0.25) is 11.9 Å². The second-order valence-corrected chi connectivity index (χ2v) is 7.14. The number of aromatic amines is 1. The van der Waals surface area contributed by atoms with E-state index in [1.807, 2.05) is 30.3 Å². The minimum Gasteiger partial charge on any atom is -0.497 e. The molecule has 0 bridgehead atoms. The van der Waals surface area contributed by atoms with E-state index < -0.39 is 6.04 Å². The lowest BCUT2D eigenvalue weighted by Gasteiger charge is -2.13. The van der Waals surface area contributed by atoms with E-state index in [2.05, 4.69) is 20.6 Å². The van der Waals surface area contributed by atoms with Crippen LogP contribution >= 0.6 is 0 Å². The molecular formula is C22H23N5O4. The van der Waals surface area contributed by atoms with Gasteiger partial charge in [-0.2, -0.15) is 0 Å².